The molecule has 0 bridgehead atoms. The second-order valence-electron chi connectivity index (χ2n) is 3.91. The van der Waals surface area contributed by atoms with Gasteiger partial charge in [-0.3, -0.25) is 4.79 Å². The van der Waals surface area contributed by atoms with Crippen molar-refractivity contribution < 1.29 is 18.3 Å². The monoisotopic (exact) mass is 292 g/mol. The number of ether oxygens (including phenoxy) is 1. The third-order valence-corrected chi connectivity index (χ3v) is 2.65. The van der Waals surface area contributed by atoms with E-state index in [0.717, 1.165) is 6.42 Å². The van der Waals surface area contributed by atoms with Gasteiger partial charge < -0.3 is 15.8 Å². The number of anilines is 1. The second-order valence-corrected chi connectivity index (χ2v) is 4.32. The summed E-state index contributed by atoms with van der Waals surface area (Å²) in [7, 11) is 0. The molecule has 1 rings (SSSR count). The minimum atomic E-state index is -2.95. The van der Waals surface area contributed by atoms with Crippen LogP contribution in [0.3, 0.4) is 0 Å². The molecule has 0 aliphatic carbocycles. The second kappa shape index (κ2) is 7.25. The van der Waals surface area contributed by atoms with Crippen molar-refractivity contribution in [1.29, 1.82) is 0 Å². The predicted molar refractivity (Wildman–Crippen MR) is 69.6 cm³/mol. The SMILES string of the molecule is CCC[C@H](N)C(=O)Nc1ccc(OC(F)F)c(Cl)c1. The van der Waals surface area contributed by atoms with Gasteiger partial charge in [-0.2, -0.15) is 8.78 Å². The number of carbonyl (C=O) groups is 1. The van der Waals surface area contributed by atoms with Crippen LogP contribution in [0, 0.1) is 0 Å². The topological polar surface area (TPSA) is 64.4 Å². The number of nitrogens with one attached hydrogen (secondary N) is 1. The van der Waals surface area contributed by atoms with Crippen LogP contribution in [0.2, 0.25) is 5.02 Å². The first-order chi connectivity index (χ1) is 8.93. The van der Waals surface area contributed by atoms with E-state index in [1.165, 1.54) is 18.2 Å². The Bertz CT molecular complexity index is 444. The van der Waals surface area contributed by atoms with Crippen LogP contribution in [0.15, 0.2) is 18.2 Å². The van der Waals surface area contributed by atoms with Crippen molar-refractivity contribution in [2.24, 2.45) is 5.73 Å². The van der Waals surface area contributed by atoms with E-state index in [4.69, 9.17) is 17.3 Å². The van der Waals surface area contributed by atoms with Crippen molar-refractivity contribution in [2.75, 3.05) is 5.32 Å². The molecule has 0 fully saturated rings. The zero-order valence-electron chi connectivity index (χ0n) is 10.3. The summed E-state index contributed by atoms with van der Waals surface area (Å²) in [5.74, 6) is -0.493. The number of amides is 1. The van der Waals surface area contributed by atoms with E-state index in [1.807, 2.05) is 6.92 Å². The fraction of sp³-hybridized carbons (Fsp3) is 0.417. The molecule has 3 N–H and O–H groups in total. The molecule has 7 heteroatoms. The predicted octanol–water partition coefficient (Wildman–Crippen LogP) is 3.01. The summed E-state index contributed by atoms with van der Waals surface area (Å²) in [6, 6.07) is 3.39. The van der Waals surface area contributed by atoms with Gasteiger partial charge in [0.15, 0.2) is 0 Å². The van der Waals surface area contributed by atoms with Crippen LogP contribution in [0.5, 0.6) is 5.75 Å². The summed E-state index contributed by atoms with van der Waals surface area (Å²) in [6.45, 7) is -1.03. The maximum Gasteiger partial charge on any atom is 0.387 e. The molecule has 4 nitrogen and oxygen atoms in total. The Hall–Kier alpha value is -1.40. The summed E-state index contributed by atoms with van der Waals surface area (Å²) in [5.41, 5.74) is 6.02. The van der Waals surface area contributed by atoms with E-state index in [-0.39, 0.29) is 16.7 Å². The minimum Gasteiger partial charge on any atom is -0.433 e. The maximum atomic E-state index is 12.0. The lowest BCUT2D eigenvalue weighted by atomic mass is 10.1. The number of alkyl halides is 2. The summed E-state index contributed by atoms with van der Waals surface area (Å²) in [5, 5.41) is 2.54. The molecule has 0 radical (unpaired) electrons. The Balaban J connectivity index is 2.70. The third-order valence-electron chi connectivity index (χ3n) is 2.35. The number of hydrogen-bond donors (Lipinski definition) is 2. The molecule has 0 heterocycles. The van der Waals surface area contributed by atoms with Gasteiger partial charge in [0.05, 0.1) is 11.1 Å². The molecule has 0 aliphatic rings. The molecule has 0 unspecified atom stereocenters. The van der Waals surface area contributed by atoms with Crippen molar-refractivity contribution in [3.05, 3.63) is 23.2 Å². The van der Waals surface area contributed by atoms with Gasteiger partial charge in [-0.15, -0.1) is 0 Å². The van der Waals surface area contributed by atoms with E-state index in [2.05, 4.69) is 10.1 Å². The van der Waals surface area contributed by atoms with Crippen molar-refractivity contribution in [1.82, 2.24) is 0 Å². The van der Waals surface area contributed by atoms with E-state index < -0.39 is 12.7 Å². The first-order valence-corrected chi connectivity index (χ1v) is 6.12. The lowest BCUT2D eigenvalue weighted by Gasteiger charge is -2.12. The van der Waals surface area contributed by atoms with E-state index >= 15 is 0 Å². The highest BCUT2D eigenvalue weighted by atomic mass is 35.5. The lowest BCUT2D eigenvalue weighted by molar-refractivity contribution is -0.117. The highest BCUT2D eigenvalue weighted by Crippen LogP contribution is 2.28. The quantitative estimate of drug-likeness (QED) is 0.847. The molecule has 19 heavy (non-hydrogen) atoms. The number of benzene rings is 1. The van der Waals surface area contributed by atoms with Crippen LogP contribution in [-0.4, -0.2) is 18.6 Å². The molecule has 0 saturated carbocycles. The molecule has 0 aromatic heterocycles. The number of nitrogens with two attached hydrogens (primary N) is 1. The van der Waals surface area contributed by atoms with E-state index in [9.17, 15) is 13.6 Å². The number of hydrogen-bond acceptors (Lipinski definition) is 3. The zero-order valence-corrected chi connectivity index (χ0v) is 11.1. The van der Waals surface area contributed by atoms with Crippen LogP contribution in [-0.2, 0) is 4.79 Å². The van der Waals surface area contributed by atoms with Gasteiger partial charge in [0.2, 0.25) is 5.91 Å². The highest BCUT2D eigenvalue weighted by Gasteiger charge is 2.14. The standard InChI is InChI=1S/C12H15ClF2N2O2/c1-2-3-9(16)11(18)17-7-4-5-10(8(13)6-7)19-12(14)15/h4-6,9,12H,2-3,16H2,1H3,(H,17,18)/t9-/m0/s1. The van der Waals surface area contributed by atoms with Crippen molar-refractivity contribution in [3.63, 3.8) is 0 Å². The summed E-state index contributed by atoms with van der Waals surface area (Å²) < 4.78 is 28.3. The molecule has 1 atom stereocenters. The van der Waals surface area contributed by atoms with Crippen LogP contribution in [0.1, 0.15) is 19.8 Å². The van der Waals surface area contributed by atoms with Gasteiger partial charge in [-0.05, 0) is 24.6 Å². The van der Waals surface area contributed by atoms with Gasteiger partial charge in [0.25, 0.3) is 0 Å². The Morgan fingerprint density at radius 3 is 2.74 bits per heavy atom. The maximum absolute atomic E-state index is 12.0. The van der Waals surface area contributed by atoms with Gasteiger partial charge in [-0.25, -0.2) is 0 Å². The molecule has 0 spiro atoms. The van der Waals surface area contributed by atoms with Crippen molar-refractivity contribution in [2.45, 2.75) is 32.4 Å². The Labute approximate surface area is 114 Å². The van der Waals surface area contributed by atoms with Gasteiger partial charge in [-0.1, -0.05) is 24.9 Å². The molecule has 1 aromatic carbocycles. The van der Waals surface area contributed by atoms with Gasteiger partial charge in [0, 0.05) is 5.69 Å². The smallest absolute Gasteiger partial charge is 0.387 e. The van der Waals surface area contributed by atoms with Crippen LogP contribution < -0.4 is 15.8 Å². The van der Waals surface area contributed by atoms with Gasteiger partial charge >= 0.3 is 6.61 Å². The highest BCUT2D eigenvalue weighted by molar-refractivity contribution is 6.32. The van der Waals surface area contributed by atoms with Gasteiger partial charge in [0.1, 0.15) is 5.75 Å². The van der Waals surface area contributed by atoms with Crippen molar-refractivity contribution >= 4 is 23.2 Å². The molecular formula is C12H15ClF2N2O2. The first-order valence-electron chi connectivity index (χ1n) is 5.74. The zero-order chi connectivity index (χ0) is 14.4. The molecular weight excluding hydrogens is 278 g/mol. The van der Waals surface area contributed by atoms with Crippen molar-refractivity contribution in [3.8, 4) is 5.75 Å². The third kappa shape index (κ3) is 5.00. The molecule has 1 aromatic rings. The molecule has 1 amide bonds. The largest absolute Gasteiger partial charge is 0.433 e. The normalized spacial score (nSPS) is 12.3. The average molecular weight is 293 g/mol. The van der Waals surface area contributed by atoms with Crippen LogP contribution in [0.25, 0.3) is 0 Å². The average Bonchev–Trinajstić information content (AvgIpc) is 2.32. The number of halogens is 3. The lowest BCUT2D eigenvalue weighted by Crippen LogP contribution is -2.35. The summed E-state index contributed by atoms with van der Waals surface area (Å²) >= 11 is 5.76. The fourth-order valence-corrected chi connectivity index (χ4v) is 1.67. The molecule has 106 valence electrons. The van der Waals surface area contributed by atoms with E-state index in [0.29, 0.717) is 12.1 Å². The summed E-state index contributed by atoms with van der Waals surface area (Å²) in [4.78, 5) is 11.6. The number of rotatable bonds is 6. The van der Waals surface area contributed by atoms with Crippen LogP contribution in [0.4, 0.5) is 14.5 Å². The Kier molecular flexibility index (Phi) is 5.98. The Morgan fingerprint density at radius 2 is 2.21 bits per heavy atom. The van der Waals surface area contributed by atoms with E-state index in [1.54, 1.807) is 0 Å². The van der Waals surface area contributed by atoms with Crippen LogP contribution >= 0.6 is 11.6 Å². The molecule has 0 aliphatic heterocycles. The number of carbonyl (C=O) groups excluding carboxylic acids is 1. The molecule has 0 saturated heterocycles. The summed E-state index contributed by atoms with van der Waals surface area (Å²) in [6.07, 6.45) is 1.35. The Morgan fingerprint density at radius 1 is 1.53 bits per heavy atom. The fourth-order valence-electron chi connectivity index (χ4n) is 1.45. The first kappa shape index (κ1) is 15.7. The minimum absolute atomic E-state index is 0.0119.